The van der Waals surface area contributed by atoms with Crippen molar-refractivity contribution in [3.63, 3.8) is 0 Å². The first-order valence-electron chi connectivity index (χ1n) is 9.68. The second kappa shape index (κ2) is 6.15. The SMILES string of the molecule is CC(C)(C)c1cn2nc(N3CCN(c4nc(C5CC5)ns4)CC3)ccc2n1. The summed E-state index contributed by atoms with van der Waals surface area (Å²) in [7, 11) is 0. The molecule has 0 amide bonds. The molecule has 1 saturated heterocycles. The van der Waals surface area contributed by atoms with Crippen LogP contribution in [0.15, 0.2) is 18.3 Å². The Bertz CT molecular complexity index is 958. The topological polar surface area (TPSA) is 62.5 Å². The van der Waals surface area contributed by atoms with Crippen LogP contribution in [0.1, 0.15) is 51.0 Å². The number of anilines is 2. The van der Waals surface area contributed by atoms with Crippen LogP contribution in [0.5, 0.6) is 0 Å². The van der Waals surface area contributed by atoms with Crippen molar-refractivity contribution in [1.82, 2.24) is 24.0 Å². The van der Waals surface area contributed by atoms with Gasteiger partial charge >= 0.3 is 0 Å². The zero-order chi connectivity index (χ0) is 18.6. The van der Waals surface area contributed by atoms with Gasteiger partial charge in [-0.2, -0.15) is 4.37 Å². The normalized spacial score (nSPS) is 18.5. The van der Waals surface area contributed by atoms with Crippen LogP contribution in [0.4, 0.5) is 10.9 Å². The van der Waals surface area contributed by atoms with Gasteiger partial charge in [-0.15, -0.1) is 5.10 Å². The molecule has 2 fully saturated rings. The first-order chi connectivity index (χ1) is 13.0. The zero-order valence-electron chi connectivity index (χ0n) is 16.1. The average Bonchev–Trinajstić information content (AvgIpc) is 3.21. The molecule has 3 aromatic rings. The van der Waals surface area contributed by atoms with Gasteiger partial charge in [0.25, 0.3) is 0 Å². The van der Waals surface area contributed by atoms with Gasteiger partial charge in [0, 0.05) is 49.0 Å². The van der Waals surface area contributed by atoms with Crippen molar-refractivity contribution in [1.29, 1.82) is 0 Å². The van der Waals surface area contributed by atoms with Gasteiger partial charge in [0.05, 0.1) is 11.9 Å². The molecule has 1 aliphatic heterocycles. The third kappa shape index (κ3) is 3.26. The molecule has 0 N–H and O–H groups in total. The van der Waals surface area contributed by atoms with Crippen molar-refractivity contribution in [3.05, 3.63) is 29.8 Å². The number of rotatable bonds is 3. The molecule has 7 nitrogen and oxygen atoms in total. The lowest BCUT2D eigenvalue weighted by Crippen LogP contribution is -2.47. The molecule has 0 bridgehead atoms. The number of fused-ring (bicyclic) bond motifs is 1. The maximum Gasteiger partial charge on any atom is 0.205 e. The van der Waals surface area contributed by atoms with E-state index < -0.39 is 0 Å². The molecular weight excluding hydrogens is 358 g/mol. The second-order valence-corrected chi connectivity index (χ2v) is 9.28. The molecule has 0 unspecified atom stereocenters. The summed E-state index contributed by atoms with van der Waals surface area (Å²) in [6, 6.07) is 4.15. The minimum atomic E-state index is 0.0283. The second-order valence-electron chi connectivity index (χ2n) is 8.55. The Kier molecular flexibility index (Phi) is 3.86. The molecule has 8 heteroatoms. The van der Waals surface area contributed by atoms with Crippen LogP contribution in [-0.2, 0) is 5.41 Å². The molecule has 0 aromatic carbocycles. The van der Waals surface area contributed by atoms with E-state index in [0.717, 1.165) is 54.3 Å². The van der Waals surface area contributed by atoms with E-state index >= 15 is 0 Å². The average molecular weight is 384 g/mol. The third-order valence-electron chi connectivity index (χ3n) is 5.32. The molecule has 1 saturated carbocycles. The fraction of sp³-hybridized carbons (Fsp3) is 0.579. The fourth-order valence-corrected chi connectivity index (χ4v) is 4.19. The summed E-state index contributed by atoms with van der Waals surface area (Å²) in [6.07, 6.45) is 4.56. The van der Waals surface area contributed by atoms with Gasteiger partial charge in [-0.05, 0) is 25.0 Å². The Labute approximate surface area is 163 Å². The molecule has 5 rings (SSSR count). The van der Waals surface area contributed by atoms with Crippen molar-refractivity contribution < 1.29 is 0 Å². The first kappa shape index (κ1) is 16.9. The predicted octanol–water partition coefficient (Wildman–Crippen LogP) is 3.08. The van der Waals surface area contributed by atoms with E-state index in [2.05, 4.69) is 53.3 Å². The van der Waals surface area contributed by atoms with Crippen LogP contribution >= 0.6 is 11.5 Å². The van der Waals surface area contributed by atoms with Crippen molar-refractivity contribution in [2.75, 3.05) is 36.0 Å². The molecule has 2 aliphatic rings. The number of hydrogen-bond acceptors (Lipinski definition) is 7. The Hall–Kier alpha value is -2.22. The van der Waals surface area contributed by atoms with Crippen molar-refractivity contribution in [2.45, 2.75) is 44.9 Å². The largest absolute Gasteiger partial charge is 0.352 e. The highest BCUT2D eigenvalue weighted by molar-refractivity contribution is 7.09. The number of imidazole rings is 1. The molecule has 27 heavy (non-hydrogen) atoms. The summed E-state index contributed by atoms with van der Waals surface area (Å²) in [5.74, 6) is 2.69. The quantitative estimate of drug-likeness (QED) is 0.693. The Morgan fingerprint density at radius 2 is 1.74 bits per heavy atom. The van der Waals surface area contributed by atoms with E-state index in [4.69, 9.17) is 15.1 Å². The lowest BCUT2D eigenvalue weighted by Gasteiger charge is -2.34. The summed E-state index contributed by atoms with van der Waals surface area (Å²) < 4.78 is 6.45. The van der Waals surface area contributed by atoms with Gasteiger partial charge < -0.3 is 9.80 Å². The summed E-state index contributed by atoms with van der Waals surface area (Å²) in [5, 5.41) is 5.88. The number of hydrogen-bond donors (Lipinski definition) is 0. The van der Waals surface area contributed by atoms with Gasteiger partial charge in [-0.3, -0.25) is 0 Å². The Morgan fingerprint density at radius 1 is 1.00 bits per heavy atom. The first-order valence-corrected chi connectivity index (χ1v) is 10.5. The summed E-state index contributed by atoms with van der Waals surface area (Å²) in [6.45, 7) is 10.3. The maximum atomic E-state index is 4.80. The molecule has 3 aromatic heterocycles. The van der Waals surface area contributed by atoms with Crippen LogP contribution in [0, 0.1) is 0 Å². The monoisotopic (exact) mass is 383 g/mol. The zero-order valence-corrected chi connectivity index (χ0v) is 16.9. The molecule has 0 spiro atoms. The van der Waals surface area contributed by atoms with Crippen LogP contribution in [-0.4, -0.2) is 50.1 Å². The molecule has 1 aliphatic carbocycles. The molecule has 4 heterocycles. The van der Waals surface area contributed by atoms with Crippen LogP contribution in [0.25, 0.3) is 5.65 Å². The van der Waals surface area contributed by atoms with Gasteiger partial charge in [0.1, 0.15) is 11.6 Å². The van der Waals surface area contributed by atoms with Crippen LogP contribution in [0.2, 0.25) is 0 Å². The van der Waals surface area contributed by atoms with Gasteiger partial charge in [0.2, 0.25) is 5.13 Å². The van der Waals surface area contributed by atoms with E-state index in [0.29, 0.717) is 5.92 Å². The van der Waals surface area contributed by atoms with Crippen LogP contribution < -0.4 is 9.80 Å². The van der Waals surface area contributed by atoms with E-state index in [1.54, 1.807) is 11.5 Å². The lowest BCUT2D eigenvalue weighted by atomic mass is 9.93. The number of nitrogens with zero attached hydrogens (tertiary/aromatic N) is 7. The van der Waals surface area contributed by atoms with E-state index in [-0.39, 0.29) is 5.41 Å². The standard InChI is InChI=1S/C19H25N7S/c1-19(2,3)14-12-26-15(20-14)6-7-16(22-26)24-8-10-25(11-9-24)18-21-17(23-27-18)13-4-5-13/h6-7,12-13H,4-5,8-11H2,1-3H3. The summed E-state index contributed by atoms with van der Waals surface area (Å²) in [4.78, 5) is 14.1. The minimum absolute atomic E-state index is 0.0283. The van der Waals surface area contributed by atoms with Crippen molar-refractivity contribution >= 4 is 28.1 Å². The van der Waals surface area contributed by atoms with E-state index in [1.165, 1.54) is 12.8 Å². The van der Waals surface area contributed by atoms with Gasteiger partial charge in [-0.1, -0.05) is 20.8 Å². The summed E-state index contributed by atoms with van der Waals surface area (Å²) >= 11 is 1.55. The molecule has 0 radical (unpaired) electrons. The molecular formula is C19H25N7S. The lowest BCUT2D eigenvalue weighted by molar-refractivity contribution is 0.572. The highest BCUT2D eigenvalue weighted by Crippen LogP contribution is 2.39. The third-order valence-corrected chi connectivity index (χ3v) is 6.11. The van der Waals surface area contributed by atoms with E-state index in [1.807, 2.05) is 4.52 Å². The maximum absolute atomic E-state index is 4.80. The summed E-state index contributed by atoms with van der Waals surface area (Å²) in [5.41, 5.74) is 2.00. The smallest absolute Gasteiger partial charge is 0.205 e. The number of aromatic nitrogens is 5. The number of piperazine rings is 1. The van der Waals surface area contributed by atoms with Gasteiger partial charge in [0.15, 0.2) is 5.65 Å². The minimum Gasteiger partial charge on any atom is -0.352 e. The molecule has 142 valence electrons. The Morgan fingerprint density at radius 3 is 2.44 bits per heavy atom. The fourth-order valence-electron chi connectivity index (χ4n) is 3.39. The highest BCUT2D eigenvalue weighted by atomic mass is 32.1. The Balaban J connectivity index is 1.29. The van der Waals surface area contributed by atoms with E-state index in [9.17, 15) is 0 Å². The van der Waals surface area contributed by atoms with Crippen LogP contribution in [0.3, 0.4) is 0 Å². The molecule has 0 atom stereocenters. The van der Waals surface area contributed by atoms with Crippen molar-refractivity contribution in [2.24, 2.45) is 0 Å². The highest BCUT2D eigenvalue weighted by Gasteiger charge is 2.29. The van der Waals surface area contributed by atoms with Crippen molar-refractivity contribution in [3.8, 4) is 0 Å². The van der Waals surface area contributed by atoms with Gasteiger partial charge in [-0.25, -0.2) is 14.5 Å². The predicted molar refractivity (Wildman–Crippen MR) is 108 cm³/mol.